The molecule has 0 heterocycles. The lowest BCUT2D eigenvalue weighted by molar-refractivity contribution is 0.269. The van der Waals surface area contributed by atoms with Gasteiger partial charge in [0.05, 0.1) is 18.7 Å². The van der Waals surface area contributed by atoms with Crippen LogP contribution in [-0.2, 0) is 19.6 Å². The van der Waals surface area contributed by atoms with Gasteiger partial charge in [0, 0.05) is 23.2 Å². The van der Waals surface area contributed by atoms with Crippen molar-refractivity contribution in [3.63, 3.8) is 0 Å². The Morgan fingerprint density at radius 2 is 1.59 bits per heavy atom. The fourth-order valence-corrected chi connectivity index (χ4v) is 3.58. The molecule has 0 amide bonds. The maximum Gasteiger partial charge on any atom is 0.163 e. The summed E-state index contributed by atoms with van der Waals surface area (Å²) in [7, 11) is 1.66. The van der Waals surface area contributed by atoms with E-state index in [1.807, 2.05) is 25.1 Å². The molecule has 0 atom stereocenters. The molecule has 0 aliphatic heterocycles. The van der Waals surface area contributed by atoms with Gasteiger partial charge >= 0.3 is 0 Å². The van der Waals surface area contributed by atoms with E-state index in [1.54, 1.807) is 19.2 Å². The molecule has 170 valence electrons. The molecule has 4 nitrogen and oxygen atoms in total. The van der Waals surface area contributed by atoms with E-state index in [0.717, 1.165) is 24.3 Å². The average Bonchev–Trinajstić information content (AvgIpc) is 2.79. The Morgan fingerprint density at radius 1 is 0.875 bits per heavy atom. The molecule has 0 fully saturated rings. The van der Waals surface area contributed by atoms with Crippen molar-refractivity contribution in [1.29, 1.82) is 0 Å². The van der Waals surface area contributed by atoms with Crippen LogP contribution in [0.15, 0.2) is 54.6 Å². The third-order valence-electron chi connectivity index (χ3n) is 4.88. The van der Waals surface area contributed by atoms with Crippen LogP contribution in [0.25, 0.3) is 0 Å². The summed E-state index contributed by atoms with van der Waals surface area (Å²) < 4.78 is 30.1. The standard InChI is InChI=1S/C25H26Cl2FNO3/c1-3-31-24-12-19(15-29-11-10-17-4-8-21(30-2)9-5-17)23(27)14-25(24)32-16-18-6-7-20(28)13-22(18)26/h4-9,12-14,29H,3,10-11,15-16H2,1-2H3. The second kappa shape index (κ2) is 12.0. The molecule has 7 heteroatoms. The zero-order valence-electron chi connectivity index (χ0n) is 18.1. The van der Waals surface area contributed by atoms with Crippen molar-refractivity contribution >= 4 is 23.2 Å². The van der Waals surface area contributed by atoms with Crippen molar-refractivity contribution in [3.8, 4) is 17.2 Å². The first-order chi connectivity index (χ1) is 15.5. The first-order valence-electron chi connectivity index (χ1n) is 10.4. The number of nitrogens with one attached hydrogen (secondary N) is 1. The molecular weight excluding hydrogens is 452 g/mol. The summed E-state index contributed by atoms with van der Waals surface area (Å²) in [5, 5.41) is 4.30. The molecule has 0 unspecified atom stereocenters. The van der Waals surface area contributed by atoms with Gasteiger partial charge in [-0.25, -0.2) is 4.39 Å². The number of hydrogen-bond acceptors (Lipinski definition) is 4. The van der Waals surface area contributed by atoms with Gasteiger partial charge in [0.2, 0.25) is 0 Å². The van der Waals surface area contributed by atoms with Crippen LogP contribution in [0.2, 0.25) is 10.0 Å². The quantitative estimate of drug-likeness (QED) is 0.322. The van der Waals surface area contributed by atoms with Gasteiger partial charge in [0.1, 0.15) is 18.2 Å². The van der Waals surface area contributed by atoms with Gasteiger partial charge in [-0.1, -0.05) is 41.4 Å². The Balaban J connectivity index is 1.60. The molecule has 0 bridgehead atoms. The summed E-state index contributed by atoms with van der Waals surface area (Å²) >= 11 is 12.6. The minimum absolute atomic E-state index is 0.176. The van der Waals surface area contributed by atoms with E-state index < -0.39 is 0 Å². The molecular formula is C25H26Cl2FNO3. The zero-order valence-corrected chi connectivity index (χ0v) is 19.6. The van der Waals surface area contributed by atoms with E-state index in [9.17, 15) is 4.39 Å². The first kappa shape index (κ1) is 24.2. The maximum absolute atomic E-state index is 13.3. The highest BCUT2D eigenvalue weighted by Crippen LogP contribution is 2.34. The lowest BCUT2D eigenvalue weighted by Gasteiger charge is -2.16. The highest BCUT2D eigenvalue weighted by Gasteiger charge is 2.12. The van der Waals surface area contributed by atoms with Crippen molar-refractivity contribution < 1.29 is 18.6 Å². The topological polar surface area (TPSA) is 39.7 Å². The second-order valence-corrected chi connectivity index (χ2v) is 7.94. The van der Waals surface area contributed by atoms with Crippen LogP contribution < -0.4 is 19.5 Å². The van der Waals surface area contributed by atoms with Crippen LogP contribution in [-0.4, -0.2) is 20.3 Å². The molecule has 0 aromatic heterocycles. The predicted molar refractivity (Wildman–Crippen MR) is 127 cm³/mol. The molecule has 3 aromatic carbocycles. The fraction of sp³-hybridized carbons (Fsp3) is 0.280. The molecule has 0 aliphatic rings. The first-order valence-corrected chi connectivity index (χ1v) is 11.1. The number of halogens is 3. The number of ether oxygens (including phenoxy) is 3. The Bertz CT molecular complexity index is 1030. The van der Waals surface area contributed by atoms with Gasteiger partial charge in [-0.15, -0.1) is 0 Å². The van der Waals surface area contributed by atoms with Crippen molar-refractivity contribution in [2.45, 2.75) is 26.5 Å². The summed E-state index contributed by atoms with van der Waals surface area (Å²) in [6.45, 7) is 3.96. The Labute approximate surface area is 198 Å². The summed E-state index contributed by atoms with van der Waals surface area (Å²) in [4.78, 5) is 0. The predicted octanol–water partition coefficient (Wildman–Crippen LogP) is 6.45. The maximum atomic E-state index is 13.3. The number of benzene rings is 3. The number of rotatable bonds is 11. The SMILES string of the molecule is CCOc1cc(CNCCc2ccc(OC)cc2)c(Cl)cc1OCc1ccc(F)cc1Cl. The van der Waals surface area contributed by atoms with Crippen LogP contribution in [0.4, 0.5) is 4.39 Å². The van der Waals surface area contributed by atoms with Gasteiger partial charge in [0.15, 0.2) is 11.5 Å². The largest absolute Gasteiger partial charge is 0.497 e. The van der Waals surface area contributed by atoms with E-state index in [2.05, 4.69) is 17.4 Å². The molecule has 0 aliphatic carbocycles. The highest BCUT2D eigenvalue weighted by molar-refractivity contribution is 6.31. The summed E-state index contributed by atoms with van der Waals surface area (Å²) in [5.41, 5.74) is 2.82. The molecule has 1 N–H and O–H groups in total. The lowest BCUT2D eigenvalue weighted by atomic mass is 10.1. The highest BCUT2D eigenvalue weighted by atomic mass is 35.5. The summed E-state index contributed by atoms with van der Waals surface area (Å²) in [6, 6.07) is 15.9. The van der Waals surface area contributed by atoms with Crippen molar-refractivity contribution in [2.75, 3.05) is 20.3 Å². The van der Waals surface area contributed by atoms with Crippen LogP contribution in [0.1, 0.15) is 23.6 Å². The van der Waals surface area contributed by atoms with Gasteiger partial charge in [0.25, 0.3) is 0 Å². The van der Waals surface area contributed by atoms with Crippen molar-refractivity contribution in [1.82, 2.24) is 5.32 Å². The van der Waals surface area contributed by atoms with E-state index in [4.69, 9.17) is 37.4 Å². The van der Waals surface area contributed by atoms with Crippen LogP contribution in [0.3, 0.4) is 0 Å². The zero-order chi connectivity index (χ0) is 22.9. The van der Waals surface area contributed by atoms with Crippen molar-refractivity contribution in [3.05, 3.63) is 87.2 Å². The third kappa shape index (κ3) is 6.76. The number of methoxy groups -OCH3 is 1. The van der Waals surface area contributed by atoms with E-state index in [1.165, 1.54) is 17.7 Å². The third-order valence-corrected chi connectivity index (χ3v) is 5.58. The molecule has 0 saturated heterocycles. The molecule has 0 spiro atoms. The fourth-order valence-electron chi connectivity index (χ4n) is 3.14. The van der Waals surface area contributed by atoms with E-state index in [0.29, 0.717) is 40.3 Å². The molecule has 0 radical (unpaired) electrons. The van der Waals surface area contributed by atoms with Crippen LogP contribution in [0.5, 0.6) is 17.2 Å². The summed E-state index contributed by atoms with van der Waals surface area (Å²) in [6.07, 6.45) is 0.888. The van der Waals surface area contributed by atoms with Crippen molar-refractivity contribution in [2.24, 2.45) is 0 Å². The Morgan fingerprint density at radius 3 is 2.28 bits per heavy atom. The second-order valence-electron chi connectivity index (χ2n) is 7.12. The monoisotopic (exact) mass is 477 g/mol. The van der Waals surface area contributed by atoms with Gasteiger partial charge in [-0.2, -0.15) is 0 Å². The van der Waals surface area contributed by atoms with Gasteiger partial charge in [-0.05, 0) is 61.3 Å². The normalized spacial score (nSPS) is 10.8. The molecule has 32 heavy (non-hydrogen) atoms. The lowest BCUT2D eigenvalue weighted by Crippen LogP contribution is -2.17. The molecule has 3 rings (SSSR count). The molecule has 0 saturated carbocycles. The minimum atomic E-state index is -0.388. The van der Waals surface area contributed by atoms with Crippen LogP contribution in [0, 0.1) is 5.82 Å². The number of hydrogen-bond donors (Lipinski definition) is 1. The minimum Gasteiger partial charge on any atom is -0.497 e. The Hall–Kier alpha value is -2.47. The Kier molecular flexibility index (Phi) is 9.03. The van der Waals surface area contributed by atoms with Crippen LogP contribution >= 0.6 is 23.2 Å². The van der Waals surface area contributed by atoms with E-state index in [-0.39, 0.29) is 12.4 Å². The van der Waals surface area contributed by atoms with Gasteiger partial charge in [-0.3, -0.25) is 0 Å². The van der Waals surface area contributed by atoms with E-state index >= 15 is 0 Å². The molecule has 3 aromatic rings. The van der Waals surface area contributed by atoms with Gasteiger partial charge < -0.3 is 19.5 Å². The average molecular weight is 478 g/mol. The smallest absolute Gasteiger partial charge is 0.163 e. The summed E-state index contributed by atoms with van der Waals surface area (Å²) in [5.74, 6) is 1.57.